The maximum atomic E-state index is 11.1. The van der Waals surface area contributed by atoms with Gasteiger partial charge in [-0.3, -0.25) is 4.79 Å². The van der Waals surface area contributed by atoms with E-state index in [9.17, 15) is 4.79 Å². The predicted molar refractivity (Wildman–Crippen MR) is 63.0 cm³/mol. The molecule has 0 saturated carbocycles. The van der Waals surface area contributed by atoms with Crippen molar-refractivity contribution in [3.63, 3.8) is 0 Å². The molecule has 0 amide bonds. The predicted octanol–water partition coefficient (Wildman–Crippen LogP) is 2.33. The first-order chi connectivity index (χ1) is 7.22. The molecule has 84 valence electrons. The van der Waals surface area contributed by atoms with Crippen molar-refractivity contribution in [2.45, 2.75) is 32.7 Å². The van der Waals surface area contributed by atoms with Gasteiger partial charge in [-0.15, -0.1) is 11.3 Å². The van der Waals surface area contributed by atoms with Gasteiger partial charge in [-0.05, 0) is 20.0 Å². The van der Waals surface area contributed by atoms with Crippen molar-refractivity contribution in [3.05, 3.63) is 16.6 Å². The van der Waals surface area contributed by atoms with E-state index in [1.54, 1.807) is 11.3 Å². The van der Waals surface area contributed by atoms with E-state index in [0.717, 1.165) is 25.2 Å². The lowest BCUT2D eigenvalue weighted by Crippen LogP contribution is -2.19. The fraction of sp³-hybridized carbons (Fsp3) is 0.636. The lowest BCUT2D eigenvalue weighted by molar-refractivity contribution is -0.118. The van der Waals surface area contributed by atoms with Crippen molar-refractivity contribution in [2.75, 3.05) is 13.6 Å². The molecule has 15 heavy (non-hydrogen) atoms. The zero-order valence-corrected chi connectivity index (χ0v) is 10.2. The monoisotopic (exact) mass is 226 g/mol. The van der Waals surface area contributed by atoms with Gasteiger partial charge in [0.15, 0.2) is 0 Å². The molecule has 1 rings (SSSR count). The molecule has 0 unspecified atom stereocenters. The number of hydrogen-bond acceptors (Lipinski definition) is 4. The minimum Gasteiger partial charge on any atom is -0.301 e. The summed E-state index contributed by atoms with van der Waals surface area (Å²) in [6, 6.07) is 0. The van der Waals surface area contributed by atoms with Crippen LogP contribution < -0.4 is 0 Å². The summed E-state index contributed by atoms with van der Waals surface area (Å²) < 4.78 is 0. The molecule has 1 aromatic heterocycles. The van der Waals surface area contributed by atoms with Gasteiger partial charge in [0.2, 0.25) is 0 Å². The van der Waals surface area contributed by atoms with E-state index in [0.29, 0.717) is 18.6 Å². The van der Waals surface area contributed by atoms with Gasteiger partial charge in [0.25, 0.3) is 0 Å². The van der Waals surface area contributed by atoms with E-state index in [2.05, 4.69) is 22.3 Å². The third-order valence-corrected chi connectivity index (χ3v) is 2.94. The van der Waals surface area contributed by atoms with Crippen LogP contribution >= 0.6 is 11.3 Å². The molecule has 1 aromatic rings. The van der Waals surface area contributed by atoms with Crippen molar-refractivity contribution >= 4 is 17.1 Å². The Morgan fingerprint density at radius 1 is 1.60 bits per heavy atom. The Kier molecular flexibility index (Phi) is 5.50. The third kappa shape index (κ3) is 5.04. The number of carbonyl (C=O) groups excluding carboxylic acids is 1. The second kappa shape index (κ2) is 6.69. The van der Waals surface area contributed by atoms with Gasteiger partial charge >= 0.3 is 0 Å². The Labute approximate surface area is 95.1 Å². The molecule has 0 bridgehead atoms. The zero-order valence-electron chi connectivity index (χ0n) is 9.40. The summed E-state index contributed by atoms with van der Waals surface area (Å²) in [5.74, 6) is 0.358. The molecular formula is C11H18N2OS. The van der Waals surface area contributed by atoms with Crippen molar-refractivity contribution < 1.29 is 4.79 Å². The minimum absolute atomic E-state index is 0.358. The molecule has 0 saturated heterocycles. The van der Waals surface area contributed by atoms with Gasteiger partial charge in [0.05, 0.1) is 11.2 Å². The van der Waals surface area contributed by atoms with Crippen molar-refractivity contribution in [1.82, 2.24) is 9.88 Å². The summed E-state index contributed by atoms with van der Waals surface area (Å²) in [4.78, 5) is 17.5. The number of ketones is 1. The first-order valence-electron chi connectivity index (χ1n) is 5.29. The summed E-state index contributed by atoms with van der Waals surface area (Å²) >= 11 is 1.62. The van der Waals surface area contributed by atoms with E-state index in [4.69, 9.17) is 0 Å². The van der Waals surface area contributed by atoms with Crippen LogP contribution in [0.25, 0.3) is 0 Å². The average Bonchev–Trinajstić information content (AvgIpc) is 2.70. The number of aromatic nitrogens is 1. The van der Waals surface area contributed by atoms with Crippen LogP contribution in [0.1, 0.15) is 31.9 Å². The molecule has 0 aliphatic rings. The third-order valence-electron chi connectivity index (χ3n) is 2.31. The zero-order chi connectivity index (χ0) is 11.1. The first-order valence-corrected chi connectivity index (χ1v) is 6.24. The highest BCUT2D eigenvalue weighted by Crippen LogP contribution is 2.05. The van der Waals surface area contributed by atoms with Crippen LogP contribution in [0.2, 0.25) is 0 Å². The minimum atomic E-state index is 0.358. The molecule has 0 radical (unpaired) electrons. The SMILES string of the molecule is CCC(=O)CCCN(C)Cc1cscn1. The number of carbonyl (C=O) groups is 1. The molecule has 0 N–H and O–H groups in total. The first kappa shape index (κ1) is 12.3. The summed E-state index contributed by atoms with van der Waals surface area (Å²) in [6.45, 7) is 3.76. The van der Waals surface area contributed by atoms with Gasteiger partial charge in [0, 0.05) is 24.8 Å². The molecule has 0 aliphatic heterocycles. The molecule has 0 spiro atoms. The number of nitrogens with zero attached hydrogens (tertiary/aromatic N) is 2. The topological polar surface area (TPSA) is 33.2 Å². The van der Waals surface area contributed by atoms with Crippen LogP contribution in [0.5, 0.6) is 0 Å². The highest BCUT2D eigenvalue weighted by atomic mass is 32.1. The average molecular weight is 226 g/mol. The van der Waals surface area contributed by atoms with Crippen LogP contribution in [0.4, 0.5) is 0 Å². The van der Waals surface area contributed by atoms with Crippen molar-refractivity contribution in [2.24, 2.45) is 0 Å². The standard InChI is InChI=1S/C11H18N2OS/c1-3-11(14)5-4-6-13(2)7-10-8-15-9-12-10/h8-9H,3-7H2,1-2H3. The highest BCUT2D eigenvalue weighted by Gasteiger charge is 2.03. The van der Waals surface area contributed by atoms with Gasteiger partial charge in [-0.1, -0.05) is 6.92 Å². The highest BCUT2D eigenvalue weighted by molar-refractivity contribution is 7.07. The summed E-state index contributed by atoms with van der Waals surface area (Å²) in [5.41, 5.74) is 2.97. The normalized spacial score (nSPS) is 10.9. The van der Waals surface area contributed by atoms with Crippen molar-refractivity contribution in [1.29, 1.82) is 0 Å². The summed E-state index contributed by atoms with van der Waals surface area (Å²) in [5, 5.41) is 2.06. The van der Waals surface area contributed by atoms with Gasteiger partial charge < -0.3 is 4.90 Å². The lowest BCUT2D eigenvalue weighted by Gasteiger charge is -2.14. The second-order valence-corrected chi connectivity index (χ2v) is 4.43. The summed E-state index contributed by atoms with van der Waals surface area (Å²) in [7, 11) is 2.07. The Bertz CT molecular complexity index is 285. The van der Waals surface area contributed by atoms with E-state index in [1.807, 2.05) is 12.4 Å². The molecule has 0 aromatic carbocycles. The Hall–Kier alpha value is -0.740. The van der Waals surface area contributed by atoms with Crippen LogP contribution in [0.15, 0.2) is 10.9 Å². The van der Waals surface area contributed by atoms with Crippen LogP contribution in [0.3, 0.4) is 0 Å². The number of hydrogen-bond donors (Lipinski definition) is 0. The molecule has 3 nitrogen and oxygen atoms in total. The van der Waals surface area contributed by atoms with E-state index < -0.39 is 0 Å². The maximum Gasteiger partial charge on any atom is 0.132 e. The molecule has 0 atom stereocenters. The fourth-order valence-corrected chi connectivity index (χ4v) is 1.94. The van der Waals surface area contributed by atoms with Crippen LogP contribution in [-0.4, -0.2) is 29.3 Å². The summed E-state index contributed by atoms with van der Waals surface area (Å²) in [6.07, 6.45) is 2.32. The maximum absolute atomic E-state index is 11.1. The van der Waals surface area contributed by atoms with Gasteiger partial charge in [0.1, 0.15) is 5.78 Å². The van der Waals surface area contributed by atoms with Gasteiger partial charge in [-0.2, -0.15) is 0 Å². The molecule has 1 heterocycles. The Morgan fingerprint density at radius 3 is 3.00 bits per heavy atom. The number of thiazole rings is 1. The second-order valence-electron chi connectivity index (χ2n) is 3.71. The largest absolute Gasteiger partial charge is 0.301 e. The number of Topliss-reactive ketones (excluding diaryl/α,β-unsaturated/α-hetero) is 1. The molecule has 4 heteroatoms. The van der Waals surface area contributed by atoms with E-state index in [-0.39, 0.29) is 0 Å². The van der Waals surface area contributed by atoms with Gasteiger partial charge in [-0.25, -0.2) is 4.98 Å². The number of rotatable bonds is 7. The Morgan fingerprint density at radius 2 is 2.40 bits per heavy atom. The van der Waals surface area contributed by atoms with Crippen LogP contribution in [-0.2, 0) is 11.3 Å². The quantitative estimate of drug-likeness (QED) is 0.715. The molecular weight excluding hydrogens is 208 g/mol. The lowest BCUT2D eigenvalue weighted by atomic mass is 10.2. The smallest absolute Gasteiger partial charge is 0.132 e. The molecule has 0 aliphatic carbocycles. The van der Waals surface area contributed by atoms with E-state index in [1.165, 1.54) is 0 Å². The van der Waals surface area contributed by atoms with Crippen LogP contribution in [0, 0.1) is 0 Å². The fourth-order valence-electron chi connectivity index (χ4n) is 1.39. The van der Waals surface area contributed by atoms with Crippen molar-refractivity contribution in [3.8, 4) is 0 Å². The van der Waals surface area contributed by atoms with E-state index >= 15 is 0 Å². The molecule has 0 fully saturated rings. The Balaban J connectivity index is 2.14.